The standard InChI is InChI=1S/C20H20N2O2S/c1-3-22(4-2)14-10-9-13-11-15(20(23)24-17(13)12-14)19-21-16-7-5-6-8-18(16)25-19/h5-8,11-12H,3-4,9-10H2,1-2H3. The molecule has 3 aromatic rings. The zero-order valence-corrected chi connectivity index (χ0v) is 15.2. The Morgan fingerprint density at radius 1 is 1.20 bits per heavy atom. The lowest BCUT2D eigenvalue weighted by Crippen LogP contribution is -2.24. The molecule has 4 nitrogen and oxygen atoms in total. The van der Waals surface area contributed by atoms with Crippen molar-refractivity contribution in [2.45, 2.75) is 26.7 Å². The lowest BCUT2D eigenvalue weighted by Gasteiger charge is -2.27. The molecule has 4 rings (SSSR count). The Hall–Kier alpha value is -2.40. The minimum absolute atomic E-state index is 0.310. The van der Waals surface area contributed by atoms with Crippen LogP contribution in [-0.2, 0) is 6.42 Å². The molecule has 0 saturated heterocycles. The molecule has 0 spiro atoms. The van der Waals surface area contributed by atoms with Crippen LogP contribution in [-0.4, -0.2) is 23.0 Å². The number of para-hydroxylation sites is 1. The number of hydrogen-bond donors (Lipinski definition) is 0. The Balaban J connectivity index is 1.77. The van der Waals surface area contributed by atoms with Gasteiger partial charge in [-0.25, -0.2) is 9.78 Å². The predicted octanol–water partition coefficient (Wildman–Crippen LogP) is 4.55. The number of fused-ring (bicyclic) bond motifs is 2. The van der Waals surface area contributed by atoms with Crippen LogP contribution in [0.25, 0.3) is 26.9 Å². The number of hydrogen-bond acceptors (Lipinski definition) is 5. The quantitative estimate of drug-likeness (QED) is 0.691. The van der Waals surface area contributed by atoms with Crippen LogP contribution in [0.5, 0.6) is 0 Å². The largest absolute Gasteiger partial charge is 0.422 e. The van der Waals surface area contributed by atoms with E-state index in [0.717, 1.165) is 46.7 Å². The number of nitrogens with zero attached hydrogens (tertiary/aromatic N) is 2. The molecule has 1 aliphatic carbocycles. The summed E-state index contributed by atoms with van der Waals surface area (Å²) in [6, 6.07) is 9.90. The van der Waals surface area contributed by atoms with Crippen molar-refractivity contribution in [2.24, 2.45) is 0 Å². The van der Waals surface area contributed by atoms with E-state index in [9.17, 15) is 4.79 Å². The third-order valence-electron chi connectivity index (χ3n) is 4.70. The van der Waals surface area contributed by atoms with Gasteiger partial charge in [-0.2, -0.15) is 0 Å². The summed E-state index contributed by atoms with van der Waals surface area (Å²) in [5.41, 5.74) is 3.51. The summed E-state index contributed by atoms with van der Waals surface area (Å²) in [5, 5.41) is 0.733. The maximum atomic E-state index is 12.5. The minimum Gasteiger partial charge on any atom is -0.422 e. The molecule has 0 N–H and O–H groups in total. The normalized spacial score (nSPS) is 13.6. The highest BCUT2D eigenvalue weighted by Gasteiger charge is 2.20. The topological polar surface area (TPSA) is 46.3 Å². The van der Waals surface area contributed by atoms with E-state index in [1.807, 2.05) is 36.4 Å². The van der Waals surface area contributed by atoms with E-state index < -0.39 is 0 Å². The van der Waals surface area contributed by atoms with Crippen molar-refractivity contribution < 1.29 is 4.42 Å². The van der Waals surface area contributed by atoms with Crippen LogP contribution in [0, 0.1) is 0 Å². The Labute approximate surface area is 150 Å². The molecule has 2 heterocycles. The molecule has 5 heteroatoms. The van der Waals surface area contributed by atoms with Gasteiger partial charge in [0, 0.05) is 24.9 Å². The molecule has 0 unspecified atom stereocenters. The highest BCUT2D eigenvalue weighted by Crippen LogP contribution is 2.31. The van der Waals surface area contributed by atoms with Crippen LogP contribution in [0.3, 0.4) is 0 Å². The zero-order valence-electron chi connectivity index (χ0n) is 14.4. The third kappa shape index (κ3) is 2.89. The molecule has 0 radical (unpaired) electrons. The van der Waals surface area contributed by atoms with Gasteiger partial charge in [0.2, 0.25) is 0 Å². The van der Waals surface area contributed by atoms with Gasteiger partial charge >= 0.3 is 5.63 Å². The summed E-state index contributed by atoms with van der Waals surface area (Å²) < 4.78 is 6.74. The number of aromatic nitrogens is 1. The van der Waals surface area contributed by atoms with Gasteiger partial charge in [0.1, 0.15) is 10.8 Å². The molecule has 2 aromatic heterocycles. The maximum absolute atomic E-state index is 12.5. The van der Waals surface area contributed by atoms with E-state index in [-0.39, 0.29) is 5.63 Å². The van der Waals surface area contributed by atoms with Crippen LogP contribution >= 0.6 is 11.3 Å². The Kier molecular flexibility index (Phi) is 4.17. The predicted molar refractivity (Wildman–Crippen MR) is 103 cm³/mol. The second-order valence-corrected chi connectivity index (χ2v) is 7.16. The van der Waals surface area contributed by atoms with Crippen LogP contribution < -0.4 is 5.63 Å². The first-order valence-corrected chi connectivity index (χ1v) is 9.49. The van der Waals surface area contributed by atoms with Gasteiger partial charge in [-0.05, 0) is 50.5 Å². The average Bonchev–Trinajstić information content (AvgIpc) is 3.06. The van der Waals surface area contributed by atoms with Crippen molar-refractivity contribution in [3.8, 4) is 10.6 Å². The van der Waals surface area contributed by atoms with E-state index in [4.69, 9.17) is 4.42 Å². The molecule has 0 atom stereocenters. The summed E-state index contributed by atoms with van der Waals surface area (Å²) in [5.74, 6) is 0.697. The average molecular weight is 352 g/mol. The van der Waals surface area contributed by atoms with Crippen molar-refractivity contribution in [3.05, 3.63) is 57.8 Å². The van der Waals surface area contributed by atoms with Gasteiger partial charge in [-0.3, -0.25) is 0 Å². The SMILES string of the molecule is CCN(CC)C1=Cc2oc(=O)c(-c3nc4ccccc4s3)cc2CC1. The molecule has 0 bridgehead atoms. The van der Waals surface area contributed by atoms with E-state index in [1.165, 1.54) is 17.0 Å². The van der Waals surface area contributed by atoms with E-state index in [1.54, 1.807) is 0 Å². The Morgan fingerprint density at radius 3 is 2.76 bits per heavy atom. The van der Waals surface area contributed by atoms with Crippen molar-refractivity contribution >= 4 is 27.6 Å². The van der Waals surface area contributed by atoms with Gasteiger partial charge in [0.25, 0.3) is 0 Å². The van der Waals surface area contributed by atoms with E-state index in [0.29, 0.717) is 11.3 Å². The first kappa shape index (κ1) is 16.1. The fourth-order valence-corrected chi connectivity index (χ4v) is 4.31. The monoisotopic (exact) mass is 352 g/mol. The van der Waals surface area contributed by atoms with Crippen molar-refractivity contribution in [1.29, 1.82) is 0 Å². The summed E-state index contributed by atoms with van der Waals surface area (Å²) in [4.78, 5) is 19.4. The summed E-state index contributed by atoms with van der Waals surface area (Å²) in [6.07, 6.45) is 3.89. The van der Waals surface area contributed by atoms with E-state index >= 15 is 0 Å². The van der Waals surface area contributed by atoms with Crippen molar-refractivity contribution in [3.63, 3.8) is 0 Å². The van der Waals surface area contributed by atoms with Gasteiger partial charge < -0.3 is 9.32 Å². The highest BCUT2D eigenvalue weighted by molar-refractivity contribution is 7.21. The molecule has 0 amide bonds. The second-order valence-electron chi connectivity index (χ2n) is 6.13. The van der Waals surface area contributed by atoms with Gasteiger partial charge in [-0.1, -0.05) is 12.1 Å². The van der Waals surface area contributed by atoms with Gasteiger partial charge in [0.15, 0.2) is 0 Å². The number of thiazole rings is 1. The summed E-state index contributed by atoms with van der Waals surface area (Å²) in [6.45, 7) is 6.22. The molecular formula is C20H20N2O2S. The lowest BCUT2D eigenvalue weighted by atomic mass is 9.98. The lowest BCUT2D eigenvalue weighted by molar-refractivity contribution is 0.366. The zero-order chi connectivity index (χ0) is 17.4. The van der Waals surface area contributed by atoms with Gasteiger partial charge in [0.05, 0.1) is 15.8 Å². The van der Waals surface area contributed by atoms with Crippen LogP contribution in [0.2, 0.25) is 0 Å². The van der Waals surface area contributed by atoms with Crippen LogP contribution in [0.1, 0.15) is 31.6 Å². The smallest absolute Gasteiger partial charge is 0.346 e. The van der Waals surface area contributed by atoms with Crippen LogP contribution in [0.15, 0.2) is 45.2 Å². The van der Waals surface area contributed by atoms with Crippen molar-refractivity contribution in [2.75, 3.05) is 13.1 Å². The maximum Gasteiger partial charge on any atom is 0.346 e. The number of allylic oxidation sites excluding steroid dienone is 1. The second kappa shape index (κ2) is 6.48. The number of aryl methyl sites for hydroxylation is 1. The number of rotatable bonds is 4. The number of benzene rings is 1. The first-order chi connectivity index (χ1) is 12.2. The first-order valence-electron chi connectivity index (χ1n) is 8.68. The molecule has 25 heavy (non-hydrogen) atoms. The molecule has 0 aliphatic heterocycles. The molecule has 0 fully saturated rings. The van der Waals surface area contributed by atoms with E-state index in [2.05, 4.69) is 23.7 Å². The third-order valence-corrected chi connectivity index (χ3v) is 5.77. The fourth-order valence-electron chi connectivity index (χ4n) is 3.34. The molecule has 1 aromatic carbocycles. The van der Waals surface area contributed by atoms with Gasteiger partial charge in [-0.15, -0.1) is 11.3 Å². The molecule has 1 aliphatic rings. The van der Waals surface area contributed by atoms with Crippen LogP contribution in [0.4, 0.5) is 0 Å². The molecule has 128 valence electrons. The Bertz CT molecular complexity index is 979. The summed E-state index contributed by atoms with van der Waals surface area (Å²) >= 11 is 1.53. The fraction of sp³-hybridized carbons (Fsp3) is 0.300. The minimum atomic E-state index is -0.310. The molecular weight excluding hydrogens is 332 g/mol. The molecule has 0 saturated carbocycles. The summed E-state index contributed by atoms with van der Waals surface area (Å²) in [7, 11) is 0. The van der Waals surface area contributed by atoms with Crippen molar-refractivity contribution in [1.82, 2.24) is 9.88 Å². The highest BCUT2D eigenvalue weighted by atomic mass is 32.1. The Morgan fingerprint density at radius 2 is 2.00 bits per heavy atom.